The zero-order chi connectivity index (χ0) is 13.8. The third-order valence-corrected chi connectivity index (χ3v) is 4.40. The minimum atomic E-state index is -0.961. The van der Waals surface area contributed by atoms with Crippen molar-refractivity contribution in [2.75, 3.05) is 18.0 Å². The van der Waals surface area contributed by atoms with Gasteiger partial charge in [0.25, 0.3) is 5.91 Å². The van der Waals surface area contributed by atoms with Gasteiger partial charge in [0.1, 0.15) is 0 Å². The van der Waals surface area contributed by atoms with Crippen LogP contribution in [0.5, 0.6) is 0 Å². The average Bonchev–Trinajstić information content (AvgIpc) is 2.28. The molecule has 1 atom stereocenters. The van der Waals surface area contributed by atoms with E-state index in [0.29, 0.717) is 23.5 Å². The number of benzene rings is 1. The molecule has 1 amide bonds. The van der Waals surface area contributed by atoms with Gasteiger partial charge in [0.15, 0.2) is 0 Å². The molecule has 0 heterocycles. The van der Waals surface area contributed by atoms with E-state index >= 15 is 0 Å². The maximum Gasteiger partial charge on any atom is 0.253 e. The second kappa shape index (κ2) is 7.50. The van der Waals surface area contributed by atoms with Crippen LogP contribution in [-0.2, 0) is 10.8 Å². The highest BCUT2D eigenvalue weighted by atomic mass is 35.5. The molecule has 0 bridgehead atoms. The van der Waals surface area contributed by atoms with Gasteiger partial charge in [0.2, 0.25) is 0 Å². The standard InChI is InChI=1S/C13H20N2O2S.ClH/c1-13(2,3)18(17)9-8-15-12(16)10-6-4-5-7-11(10)14;/h4-7H,8-9,14H2,1-3H3,(H,15,16);1H. The summed E-state index contributed by atoms with van der Waals surface area (Å²) < 4.78 is 11.5. The van der Waals surface area contributed by atoms with E-state index in [1.54, 1.807) is 24.3 Å². The van der Waals surface area contributed by atoms with Crippen molar-refractivity contribution in [1.29, 1.82) is 0 Å². The van der Waals surface area contributed by atoms with Gasteiger partial charge >= 0.3 is 0 Å². The highest BCUT2D eigenvalue weighted by Gasteiger charge is 2.19. The molecular weight excluding hydrogens is 284 g/mol. The quantitative estimate of drug-likeness (QED) is 0.835. The minimum Gasteiger partial charge on any atom is -0.398 e. The maximum absolute atomic E-state index is 11.8. The normalized spacial score (nSPS) is 12.4. The predicted molar refractivity (Wildman–Crippen MR) is 83.2 cm³/mol. The van der Waals surface area contributed by atoms with E-state index in [1.165, 1.54) is 0 Å². The van der Waals surface area contributed by atoms with Crippen molar-refractivity contribution < 1.29 is 9.00 Å². The smallest absolute Gasteiger partial charge is 0.253 e. The summed E-state index contributed by atoms with van der Waals surface area (Å²) in [5.41, 5.74) is 6.61. The van der Waals surface area contributed by atoms with Crippen molar-refractivity contribution in [1.82, 2.24) is 5.32 Å². The second-order valence-electron chi connectivity index (χ2n) is 5.01. The van der Waals surface area contributed by atoms with Crippen LogP contribution < -0.4 is 11.1 Å². The molecule has 0 aliphatic rings. The van der Waals surface area contributed by atoms with Crippen molar-refractivity contribution in [3.8, 4) is 0 Å². The summed E-state index contributed by atoms with van der Waals surface area (Å²) in [7, 11) is -0.961. The Morgan fingerprint density at radius 1 is 1.32 bits per heavy atom. The molecule has 1 aromatic carbocycles. The van der Waals surface area contributed by atoms with Crippen LogP contribution >= 0.6 is 12.4 Å². The molecule has 108 valence electrons. The summed E-state index contributed by atoms with van der Waals surface area (Å²) >= 11 is 0. The minimum absolute atomic E-state index is 0. The Bertz CT molecular complexity index is 458. The van der Waals surface area contributed by atoms with Crippen LogP contribution in [0.4, 0.5) is 5.69 Å². The van der Waals surface area contributed by atoms with Crippen LogP contribution in [0.1, 0.15) is 31.1 Å². The third kappa shape index (κ3) is 5.61. The van der Waals surface area contributed by atoms with Crippen LogP contribution in [0.2, 0.25) is 0 Å². The molecule has 0 aliphatic carbocycles. The van der Waals surface area contributed by atoms with E-state index in [9.17, 15) is 9.00 Å². The summed E-state index contributed by atoms with van der Waals surface area (Å²) in [5, 5.41) is 2.73. The number of nitrogens with one attached hydrogen (secondary N) is 1. The molecule has 0 radical (unpaired) electrons. The lowest BCUT2D eigenvalue weighted by Crippen LogP contribution is -2.32. The topological polar surface area (TPSA) is 72.2 Å². The highest BCUT2D eigenvalue weighted by molar-refractivity contribution is 7.86. The number of carbonyl (C=O) groups excluding carboxylic acids is 1. The number of nitrogens with two attached hydrogens (primary N) is 1. The molecule has 1 aromatic rings. The first kappa shape index (κ1) is 17.9. The Kier molecular flexibility index (Phi) is 7.08. The van der Waals surface area contributed by atoms with Gasteiger partial charge < -0.3 is 11.1 Å². The van der Waals surface area contributed by atoms with Crippen LogP contribution in [0.25, 0.3) is 0 Å². The number of carbonyl (C=O) groups is 1. The van der Waals surface area contributed by atoms with Crippen molar-refractivity contribution in [2.24, 2.45) is 0 Å². The SMILES string of the molecule is CC(C)(C)S(=O)CCNC(=O)c1ccccc1N.Cl. The lowest BCUT2D eigenvalue weighted by molar-refractivity contribution is 0.0957. The van der Waals surface area contributed by atoms with Crippen molar-refractivity contribution in [2.45, 2.75) is 25.5 Å². The van der Waals surface area contributed by atoms with Gasteiger partial charge in [-0.15, -0.1) is 12.4 Å². The molecule has 0 spiro atoms. The monoisotopic (exact) mass is 304 g/mol. The zero-order valence-electron chi connectivity index (χ0n) is 11.4. The van der Waals surface area contributed by atoms with Gasteiger partial charge in [-0.3, -0.25) is 9.00 Å². The molecule has 6 heteroatoms. The van der Waals surface area contributed by atoms with E-state index in [-0.39, 0.29) is 23.1 Å². The van der Waals surface area contributed by atoms with Crippen molar-refractivity contribution >= 4 is 34.8 Å². The number of hydrogen-bond donors (Lipinski definition) is 2. The number of hydrogen-bond acceptors (Lipinski definition) is 3. The molecule has 0 saturated heterocycles. The predicted octanol–water partition coefficient (Wildman–Crippen LogP) is 1.97. The Balaban J connectivity index is 0.00000324. The van der Waals surface area contributed by atoms with Gasteiger partial charge in [-0.25, -0.2) is 0 Å². The fourth-order valence-corrected chi connectivity index (χ4v) is 2.26. The summed E-state index contributed by atoms with van der Waals surface area (Å²) in [4.78, 5) is 11.8. The summed E-state index contributed by atoms with van der Waals surface area (Å²) in [6.07, 6.45) is 0. The van der Waals surface area contributed by atoms with Gasteiger partial charge in [0.05, 0.1) is 5.56 Å². The van der Waals surface area contributed by atoms with Gasteiger partial charge in [-0.1, -0.05) is 12.1 Å². The fourth-order valence-electron chi connectivity index (χ4n) is 1.36. The summed E-state index contributed by atoms with van der Waals surface area (Å²) in [6, 6.07) is 6.90. The molecule has 19 heavy (non-hydrogen) atoms. The first-order valence-corrected chi connectivity index (χ1v) is 7.15. The number of halogens is 1. The molecule has 1 unspecified atom stereocenters. The Labute approximate surface area is 123 Å². The van der Waals surface area contributed by atoms with Gasteiger partial charge in [-0.2, -0.15) is 0 Å². The Morgan fingerprint density at radius 2 is 1.89 bits per heavy atom. The summed E-state index contributed by atoms with van der Waals surface area (Å²) in [6.45, 7) is 6.14. The third-order valence-electron chi connectivity index (χ3n) is 2.46. The van der Waals surface area contributed by atoms with E-state index in [0.717, 1.165) is 0 Å². The molecule has 3 N–H and O–H groups in total. The molecule has 0 fully saturated rings. The van der Waals surface area contributed by atoms with Gasteiger partial charge in [0, 0.05) is 33.5 Å². The summed E-state index contributed by atoms with van der Waals surface area (Å²) in [5.74, 6) is 0.223. The van der Waals surface area contributed by atoms with Crippen LogP contribution in [0.3, 0.4) is 0 Å². The van der Waals surface area contributed by atoms with Crippen molar-refractivity contribution in [3.05, 3.63) is 29.8 Å². The number of para-hydroxylation sites is 1. The van der Waals surface area contributed by atoms with E-state index < -0.39 is 10.8 Å². The zero-order valence-corrected chi connectivity index (χ0v) is 13.1. The second-order valence-corrected chi connectivity index (χ2v) is 7.33. The average molecular weight is 305 g/mol. The Hall–Kier alpha value is -1.07. The lowest BCUT2D eigenvalue weighted by atomic mass is 10.2. The van der Waals surface area contributed by atoms with Crippen LogP contribution in [0, 0.1) is 0 Å². The van der Waals surface area contributed by atoms with E-state index in [4.69, 9.17) is 5.73 Å². The van der Waals surface area contributed by atoms with Gasteiger partial charge in [-0.05, 0) is 32.9 Å². The molecule has 1 rings (SSSR count). The maximum atomic E-state index is 11.8. The van der Waals surface area contributed by atoms with Crippen LogP contribution in [-0.4, -0.2) is 27.2 Å². The van der Waals surface area contributed by atoms with Crippen LogP contribution in [0.15, 0.2) is 24.3 Å². The largest absolute Gasteiger partial charge is 0.398 e. The van der Waals surface area contributed by atoms with E-state index in [1.807, 2.05) is 20.8 Å². The number of amides is 1. The molecule has 0 saturated carbocycles. The number of rotatable bonds is 4. The molecule has 0 aliphatic heterocycles. The van der Waals surface area contributed by atoms with Crippen molar-refractivity contribution in [3.63, 3.8) is 0 Å². The molecule has 0 aromatic heterocycles. The fraction of sp³-hybridized carbons (Fsp3) is 0.462. The first-order valence-electron chi connectivity index (χ1n) is 5.83. The van der Waals surface area contributed by atoms with E-state index in [2.05, 4.69) is 5.32 Å². The molecule has 4 nitrogen and oxygen atoms in total. The number of anilines is 1. The number of nitrogen functional groups attached to an aromatic ring is 1. The first-order chi connectivity index (χ1) is 8.32. The molecular formula is C13H21ClN2O2S. The Morgan fingerprint density at radius 3 is 2.42 bits per heavy atom. The lowest BCUT2D eigenvalue weighted by Gasteiger charge is -2.17. The highest BCUT2D eigenvalue weighted by Crippen LogP contribution is 2.11.